The summed E-state index contributed by atoms with van der Waals surface area (Å²) in [5.41, 5.74) is 2.05. The predicted molar refractivity (Wildman–Crippen MR) is 132 cm³/mol. The minimum atomic E-state index is -0.530. The number of nitrogens with zero attached hydrogens (tertiary/aromatic N) is 5. The Kier molecular flexibility index (Phi) is 5.81. The number of piperazine rings is 1. The lowest BCUT2D eigenvalue weighted by atomic mass is 10.1. The van der Waals surface area contributed by atoms with Gasteiger partial charge in [0, 0.05) is 44.0 Å². The summed E-state index contributed by atoms with van der Waals surface area (Å²) in [5, 5.41) is 0.996. The molecule has 2 aliphatic rings. The Bertz CT molecular complexity index is 1260. The van der Waals surface area contributed by atoms with E-state index in [1.807, 2.05) is 31.4 Å². The number of hydrogen-bond donors (Lipinski definition) is 0. The first-order valence-corrected chi connectivity index (χ1v) is 12.1. The molecule has 1 atom stereocenters. The minimum absolute atomic E-state index is 0.0408. The molecular weight excluding hydrogens is 449 g/mol. The van der Waals surface area contributed by atoms with Crippen molar-refractivity contribution >= 4 is 22.9 Å². The fourth-order valence-corrected chi connectivity index (χ4v) is 4.76. The Hall–Kier alpha value is -3.36. The van der Waals surface area contributed by atoms with E-state index in [1.54, 1.807) is 11.2 Å². The van der Waals surface area contributed by atoms with E-state index >= 15 is 0 Å². The summed E-state index contributed by atoms with van der Waals surface area (Å²) in [6.45, 7) is 9.44. The Labute approximate surface area is 204 Å². The number of rotatable bonds is 4. The number of halogens is 1. The molecule has 35 heavy (non-hydrogen) atoms. The van der Waals surface area contributed by atoms with Crippen LogP contribution in [-0.2, 0) is 4.74 Å². The number of anilines is 1. The van der Waals surface area contributed by atoms with Crippen LogP contribution in [0.1, 0.15) is 52.0 Å². The number of ether oxygens (including phenoxy) is 2. The van der Waals surface area contributed by atoms with E-state index in [0.717, 1.165) is 29.7 Å². The highest BCUT2D eigenvalue weighted by molar-refractivity contribution is 5.93. The monoisotopic (exact) mass is 481 g/mol. The maximum atomic E-state index is 14.3. The predicted octanol–water partition coefficient (Wildman–Crippen LogP) is 4.89. The van der Waals surface area contributed by atoms with Gasteiger partial charge in [-0.2, -0.15) is 0 Å². The van der Waals surface area contributed by atoms with Crippen molar-refractivity contribution in [2.24, 2.45) is 0 Å². The van der Waals surface area contributed by atoms with Crippen molar-refractivity contribution < 1.29 is 18.7 Å². The summed E-state index contributed by atoms with van der Waals surface area (Å²) in [6, 6.07) is 4.70. The van der Waals surface area contributed by atoms with Gasteiger partial charge in [-0.3, -0.25) is 0 Å². The first-order valence-electron chi connectivity index (χ1n) is 12.1. The standard InChI is InChI=1S/C26H32FN5O3/c1-16-13-30(25(33)35-26(2,3)4)8-9-31(16)23-22-21(17-6-7-17)14-32(24(22)29-15-28-23)19-10-18(27)11-20(12-19)34-5/h10-12,14-17H,6-9,13H2,1-5H3/t16-/m0/s1. The average molecular weight is 482 g/mol. The molecule has 186 valence electrons. The Morgan fingerprint density at radius 2 is 1.91 bits per heavy atom. The van der Waals surface area contributed by atoms with Crippen molar-refractivity contribution in [3.05, 3.63) is 42.1 Å². The summed E-state index contributed by atoms with van der Waals surface area (Å²) >= 11 is 0. The average Bonchev–Trinajstić information content (AvgIpc) is 3.57. The van der Waals surface area contributed by atoms with Gasteiger partial charge in [-0.1, -0.05) is 0 Å². The molecule has 1 aliphatic carbocycles. The molecule has 3 aromatic rings. The molecule has 1 saturated carbocycles. The van der Waals surface area contributed by atoms with Crippen LogP contribution in [0.4, 0.5) is 15.0 Å². The highest BCUT2D eigenvalue weighted by atomic mass is 19.1. The third-order valence-corrected chi connectivity index (χ3v) is 6.53. The zero-order chi connectivity index (χ0) is 24.9. The lowest BCUT2D eigenvalue weighted by molar-refractivity contribution is 0.0218. The van der Waals surface area contributed by atoms with Crippen LogP contribution >= 0.6 is 0 Å². The van der Waals surface area contributed by atoms with Crippen molar-refractivity contribution in [2.75, 3.05) is 31.6 Å². The smallest absolute Gasteiger partial charge is 0.410 e. The lowest BCUT2D eigenvalue weighted by Crippen LogP contribution is -2.54. The van der Waals surface area contributed by atoms with Crippen molar-refractivity contribution in [3.63, 3.8) is 0 Å². The van der Waals surface area contributed by atoms with Gasteiger partial charge in [-0.05, 0) is 58.1 Å². The SMILES string of the molecule is COc1cc(F)cc(-n2cc(C3CC3)c3c(N4CCN(C(=O)OC(C)(C)C)C[C@@H]4C)ncnc32)c1. The zero-order valence-electron chi connectivity index (χ0n) is 20.9. The number of carbonyl (C=O) groups is 1. The van der Waals surface area contributed by atoms with E-state index in [4.69, 9.17) is 14.5 Å². The summed E-state index contributed by atoms with van der Waals surface area (Å²) in [7, 11) is 1.53. The molecule has 9 heteroatoms. The highest BCUT2D eigenvalue weighted by Gasteiger charge is 2.34. The molecule has 0 radical (unpaired) electrons. The van der Waals surface area contributed by atoms with Gasteiger partial charge in [0.2, 0.25) is 0 Å². The van der Waals surface area contributed by atoms with Crippen molar-refractivity contribution in [1.29, 1.82) is 0 Å². The van der Waals surface area contributed by atoms with Gasteiger partial charge in [-0.15, -0.1) is 0 Å². The van der Waals surface area contributed by atoms with Crippen LogP contribution in [0.15, 0.2) is 30.7 Å². The quantitative estimate of drug-likeness (QED) is 0.528. The minimum Gasteiger partial charge on any atom is -0.497 e. The third kappa shape index (κ3) is 4.63. The third-order valence-electron chi connectivity index (χ3n) is 6.53. The number of methoxy groups -OCH3 is 1. The molecule has 3 heterocycles. The molecular formula is C26H32FN5O3. The van der Waals surface area contributed by atoms with Gasteiger partial charge in [0.1, 0.15) is 35.0 Å². The van der Waals surface area contributed by atoms with E-state index in [1.165, 1.54) is 24.8 Å². The van der Waals surface area contributed by atoms with Crippen LogP contribution in [0, 0.1) is 5.82 Å². The lowest BCUT2D eigenvalue weighted by Gasteiger charge is -2.41. The van der Waals surface area contributed by atoms with Crippen LogP contribution in [0.2, 0.25) is 0 Å². The van der Waals surface area contributed by atoms with E-state index in [-0.39, 0.29) is 18.0 Å². The van der Waals surface area contributed by atoms with E-state index < -0.39 is 5.60 Å². The number of aromatic nitrogens is 3. The molecule has 1 aromatic carbocycles. The van der Waals surface area contributed by atoms with Crippen LogP contribution in [-0.4, -0.2) is 63.9 Å². The number of carbonyl (C=O) groups excluding carboxylic acids is 1. The van der Waals surface area contributed by atoms with E-state index in [0.29, 0.717) is 37.0 Å². The molecule has 5 rings (SSSR count). The molecule has 0 spiro atoms. The van der Waals surface area contributed by atoms with Gasteiger partial charge in [0.15, 0.2) is 0 Å². The van der Waals surface area contributed by atoms with Crippen LogP contribution < -0.4 is 9.64 Å². The fraction of sp³-hybridized carbons (Fsp3) is 0.500. The Balaban J connectivity index is 1.52. The number of hydrogen-bond acceptors (Lipinski definition) is 6. The molecule has 2 fully saturated rings. The summed E-state index contributed by atoms with van der Waals surface area (Å²) in [4.78, 5) is 25.9. The van der Waals surface area contributed by atoms with Gasteiger partial charge in [0.05, 0.1) is 18.2 Å². The van der Waals surface area contributed by atoms with E-state index in [2.05, 4.69) is 23.0 Å². The molecule has 1 amide bonds. The maximum absolute atomic E-state index is 14.3. The fourth-order valence-electron chi connectivity index (χ4n) is 4.76. The first kappa shape index (κ1) is 23.4. The van der Waals surface area contributed by atoms with Crippen molar-refractivity contribution in [2.45, 2.75) is 58.1 Å². The molecule has 0 bridgehead atoms. The Morgan fingerprint density at radius 1 is 1.14 bits per heavy atom. The Morgan fingerprint density at radius 3 is 2.57 bits per heavy atom. The summed E-state index contributed by atoms with van der Waals surface area (Å²) in [5.74, 6) is 1.39. The summed E-state index contributed by atoms with van der Waals surface area (Å²) in [6.07, 6.45) is 5.57. The number of amides is 1. The highest BCUT2D eigenvalue weighted by Crippen LogP contribution is 2.46. The number of benzene rings is 1. The second-order valence-electron chi connectivity index (χ2n) is 10.4. The molecule has 1 saturated heterocycles. The van der Waals surface area contributed by atoms with Gasteiger partial charge in [0.25, 0.3) is 0 Å². The second kappa shape index (κ2) is 8.70. The van der Waals surface area contributed by atoms with Gasteiger partial charge in [-0.25, -0.2) is 19.2 Å². The maximum Gasteiger partial charge on any atom is 0.410 e. The molecule has 8 nitrogen and oxygen atoms in total. The van der Waals surface area contributed by atoms with Crippen LogP contribution in [0.5, 0.6) is 5.75 Å². The van der Waals surface area contributed by atoms with E-state index in [9.17, 15) is 9.18 Å². The van der Waals surface area contributed by atoms with Crippen LogP contribution in [0.3, 0.4) is 0 Å². The first-order chi connectivity index (χ1) is 16.6. The zero-order valence-corrected chi connectivity index (χ0v) is 20.9. The molecule has 0 N–H and O–H groups in total. The largest absolute Gasteiger partial charge is 0.497 e. The van der Waals surface area contributed by atoms with Gasteiger partial charge >= 0.3 is 6.09 Å². The molecule has 1 aliphatic heterocycles. The molecule has 2 aromatic heterocycles. The normalized spacial score (nSPS) is 18.7. The van der Waals surface area contributed by atoms with Gasteiger partial charge < -0.3 is 23.8 Å². The number of fused-ring (bicyclic) bond motifs is 1. The molecule has 0 unspecified atom stereocenters. The second-order valence-corrected chi connectivity index (χ2v) is 10.4. The van der Waals surface area contributed by atoms with Crippen molar-refractivity contribution in [1.82, 2.24) is 19.4 Å². The van der Waals surface area contributed by atoms with Crippen LogP contribution in [0.25, 0.3) is 16.7 Å². The van der Waals surface area contributed by atoms with Crippen molar-refractivity contribution in [3.8, 4) is 11.4 Å². The summed E-state index contributed by atoms with van der Waals surface area (Å²) < 4.78 is 27.1. The topological polar surface area (TPSA) is 72.7 Å².